The number of para-hydroxylation sites is 1. The monoisotopic (exact) mass is 278 g/mol. The van der Waals surface area contributed by atoms with Gasteiger partial charge in [0.2, 0.25) is 5.91 Å². The van der Waals surface area contributed by atoms with Gasteiger partial charge in [0, 0.05) is 25.9 Å². The van der Waals surface area contributed by atoms with E-state index in [9.17, 15) is 4.79 Å². The van der Waals surface area contributed by atoms with Crippen molar-refractivity contribution in [1.29, 1.82) is 0 Å². The maximum absolute atomic E-state index is 11.8. The second kappa shape index (κ2) is 9.37. The van der Waals surface area contributed by atoms with Gasteiger partial charge in [0.05, 0.1) is 6.54 Å². The van der Waals surface area contributed by atoms with E-state index in [1.54, 1.807) is 7.11 Å². The molecule has 112 valence electrons. The molecule has 0 atom stereocenters. The first-order chi connectivity index (χ1) is 9.72. The zero-order valence-corrected chi connectivity index (χ0v) is 12.8. The van der Waals surface area contributed by atoms with Crippen LogP contribution in [0.25, 0.3) is 0 Å². The molecule has 1 aromatic carbocycles. The molecule has 0 spiro atoms. The number of carbonyl (C=O) groups excluding carboxylic acids is 1. The first-order valence-electron chi connectivity index (χ1n) is 7.33. The molecular formula is C16H26N2O2. The van der Waals surface area contributed by atoms with Crippen molar-refractivity contribution in [3.05, 3.63) is 29.3 Å². The second-order valence-corrected chi connectivity index (χ2v) is 4.71. The molecule has 0 saturated heterocycles. The summed E-state index contributed by atoms with van der Waals surface area (Å²) in [6, 6.07) is 6.30. The Bertz CT molecular complexity index is 397. The first-order valence-corrected chi connectivity index (χ1v) is 7.33. The van der Waals surface area contributed by atoms with Gasteiger partial charge in [0.1, 0.15) is 0 Å². The van der Waals surface area contributed by atoms with Crippen LogP contribution in [0, 0.1) is 0 Å². The predicted octanol–water partition coefficient (Wildman–Crippen LogP) is 2.38. The zero-order chi connectivity index (χ0) is 14.8. The van der Waals surface area contributed by atoms with Gasteiger partial charge in [-0.05, 0) is 30.4 Å². The Kier molecular flexibility index (Phi) is 7.73. The molecule has 0 aliphatic rings. The van der Waals surface area contributed by atoms with E-state index >= 15 is 0 Å². The lowest BCUT2D eigenvalue weighted by Gasteiger charge is -2.15. The van der Waals surface area contributed by atoms with Gasteiger partial charge in [-0.2, -0.15) is 0 Å². The zero-order valence-electron chi connectivity index (χ0n) is 12.8. The Morgan fingerprint density at radius 3 is 2.40 bits per heavy atom. The summed E-state index contributed by atoms with van der Waals surface area (Å²) in [5.41, 5.74) is 3.64. The highest BCUT2D eigenvalue weighted by Gasteiger charge is 2.07. The van der Waals surface area contributed by atoms with Gasteiger partial charge in [-0.15, -0.1) is 0 Å². The fraction of sp³-hybridized carbons (Fsp3) is 0.562. The van der Waals surface area contributed by atoms with Crippen LogP contribution < -0.4 is 10.6 Å². The number of hydrogen-bond donors (Lipinski definition) is 2. The molecule has 1 amide bonds. The van der Waals surface area contributed by atoms with Crippen molar-refractivity contribution in [3.63, 3.8) is 0 Å². The minimum absolute atomic E-state index is 0.0223. The fourth-order valence-corrected chi connectivity index (χ4v) is 2.15. The summed E-state index contributed by atoms with van der Waals surface area (Å²) < 4.78 is 4.95. The highest BCUT2D eigenvalue weighted by atomic mass is 16.5. The molecule has 0 aliphatic heterocycles. The Balaban J connectivity index is 2.50. The van der Waals surface area contributed by atoms with E-state index in [2.05, 4.69) is 42.7 Å². The largest absolute Gasteiger partial charge is 0.385 e. The summed E-state index contributed by atoms with van der Waals surface area (Å²) >= 11 is 0. The molecule has 0 fully saturated rings. The van der Waals surface area contributed by atoms with Crippen molar-refractivity contribution < 1.29 is 9.53 Å². The summed E-state index contributed by atoms with van der Waals surface area (Å²) in [6.45, 7) is 5.91. The van der Waals surface area contributed by atoms with Crippen molar-refractivity contribution >= 4 is 11.6 Å². The minimum Gasteiger partial charge on any atom is -0.385 e. The lowest BCUT2D eigenvalue weighted by Crippen LogP contribution is -2.31. The van der Waals surface area contributed by atoms with E-state index in [1.807, 2.05) is 0 Å². The van der Waals surface area contributed by atoms with Gasteiger partial charge >= 0.3 is 0 Å². The number of methoxy groups -OCH3 is 1. The molecule has 4 heteroatoms. The van der Waals surface area contributed by atoms with E-state index in [4.69, 9.17) is 4.74 Å². The van der Waals surface area contributed by atoms with Gasteiger partial charge in [0.15, 0.2) is 0 Å². The van der Waals surface area contributed by atoms with Gasteiger partial charge in [-0.3, -0.25) is 4.79 Å². The Hall–Kier alpha value is -1.55. The molecule has 0 heterocycles. The minimum atomic E-state index is 0.0223. The number of anilines is 1. The summed E-state index contributed by atoms with van der Waals surface area (Å²) in [6.07, 6.45) is 2.77. The van der Waals surface area contributed by atoms with Gasteiger partial charge in [-0.25, -0.2) is 0 Å². The summed E-state index contributed by atoms with van der Waals surface area (Å²) in [5, 5.41) is 6.16. The van der Waals surface area contributed by atoms with E-state index in [1.165, 1.54) is 11.1 Å². The highest BCUT2D eigenvalue weighted by molar-refractivity contribution is 5.81. The average molecular weight is 278 g/mol. The second-order valence-electron chi connectivity index (χ2n) is 4.71. The van der Waals surface area contributed by atoms with Crippen LogP contribution in [0.1, 0.15) is 31.4 Å². The third-order valence-corrected chi connectivity index (χ3v) is 3.27. The van der Waals surface area contributed by atoms with Crippen molar-refractivity contribution in [3.8, 4) is 0 Å². The summed E-state index contributed by atoms with van der Waals surface area (Å²) in [4.78, 5) is 11.8. The van der Waals surface area contributed by atoms with E-state index in [0.717, 1.165) is 24.9 Å². The molecule has 0 saturated carbocycles. The van der Waals surface area contributed by atoms with Gasteiger partial charge in [0.25, 0.3) is 0 Å². The molecule has 1 aromatic rings. The van der Waals surface area contributed by atoms with Crippen LogP contribution in [0.4, 0.5) is 5.69 Å². The van der Waals surface area contributed by atoms with E-state index < -0.39 is 0 Å². The number of benzene rings is 1. The highest BCUT2D eigenvalue weighted by Crippen LogP contribution is 2.22. The maximum Gasteiger partial charge on any atom is 0.239 e. The van der Waals surface area contributed by atoms with Crippen molar-refractivity contribution in [2.24, 2.45) is 0 Å². The van der Waals surface area contributed by atoms with Crippen LogP contribution >= 0.6 is 0 Å². The standard InChI is InChI=1S/C16H26N2O2/c1-4-13-8-6-9-14(5-2)16(13)18-12-15(19)17-10-7-11-20-3/h6,8-9,18H,4-5,7,10-12H2,1-3H3,(H,17,19). The summed E-state index contributed by atoms with van der Waals surface area (Å²) in [5.74, 6) is 0.0223. The molecular weight excluding hydrogens is 252 g/mol. The molecule has 4 nitrogen and oxygen atoms in total. The Morgan fingerprint density at radius 1 is 1.20 bits per heavy atom. The van der Waals surface area contributed by atoms with Crippen LogP contribution in [-0.4, -0.2) is 32.7 Å². The number of carbonyl (C=O) groups is 1. The Labute approximate surface area is 121 Å². The number of hydrogen-bond acceptors (Lipinski definition) is 3. The number of amides is 1. The van der Waals surface area contributed by atoms with E-state index in [0.29, 0.717) is 19.7 Å². The van der Waals surface area contributed by atoms with Crippen LogP contribution in [0.2, 0.25) is 0 Å². The molecule has 0 bridgehead atoms. The number of rotatable bonds is 9. The van der Waals surface area contributed by atoms with Crippen molar-refractivity contribution in [2.75, 3.05) is 32.1 Å². The Morgan fingerprint density at radius 2 is 1.85 bits per heavy atom. The number of ether oxygens (including phenoxy) is 1. The normalized spacial score (nSPS) is 10.3. The number of nitrogens with one attached hydrogen (secondary N) is 2. The lowest BCUT2D eigenvalue weighted by molar-refractivity contribution is -0.119. The summed E-state index contributed by atoms with van der Waals surface area (Å²) in [7, 11) is 1.66. The molecule has 0 radical (unpaired) electrons. The molecule has 20 heavy (non-hydrogen) atoms. The smallest absolute Gasteiger partial charge is 0.239 e. The van der Waals surface area contributed by atoms with Crippen molar-refractivity contribution in [1.82, 2.24) is 5.32 Å². The first kappa shape index (κ1) is 16.5. The third kappa shape index (κ3) is 5.21. The molecule has 0 aromatic heterocycles. The fourth-order valence-electron chi connectivity index (χ4n) is 2.15. The van der Waals surface area contributed by atoms with Crippen LogP contribution in [0.3, 0.4) is 0 Å². The average Bonchev–Trinajstić information content (AvgIpc) is 2.49. The molecule has 1 rings (SSSR count). The van der Waals surface area contributed by atoms with Crippen LogP contribution in [0.5, 0.6) is 0 Å². The molecule has 2 N–H and O–H groups in total. The quantitative estimate of drug-likeness (QED) is 0.682. The van der Waals surface area contributed by atoms with Gasteiger partial charge < -0.3 is 15.4 Å². The molecule has 0 unspecified atom stereocenters. The van der Waals surface area contributed by atoms with Crippen LogP contribution in [0.15, 0.2) is 18.2 Å². The predicted molar refractivity (Wildman–Crippen MR) is 83.2 cm³/mol. The topological polar surface area (TPSA) is 50.4 Å². The number of aryl methyl sites for hydroxylation is 2. The van der Waals surface area contributed by atoms with Crippen LogP contribution in [-0.2, 0) is 22.4 Å². The third-order valence-electron chi connectivity index (χ3n) is 3.27. The molecule has 0 aliphatic carbocycles. The lowest BCUT2D eigenvalue weighted by atomic mass is 10.0. The van der Waals surface area contributed by atoms with E-state index in [-0.39, 0.29) is 5.91 Å². The van der Waals surface area contributed by atoms with Gasteiger partial charge in [-0.1, -0.05) is 32.0 Å². The maximum atomic E-state index is 11.8. The SMILES string of the molecule is CCc1cccc(CC)c1NCC(=O)NCCCOC. The van der Waals surface area contributed by atoms with Crippen molar-refractivity contribution in [2.45, 2.75) is 33.1 Å².